The molecule has 37 heavy (non-hydrogen) atoms. The van der Waals surface area contributed by atoms with Crippen LogP contribution in [0, 0.1) is 11.8 Å². The molecule has 2 heterocycles. The fourth-order valence-corrected chi connectivity index (χ4v) is 5.74. The summed E-state index contributed by atoms with van der Waals surface area (Å²) in [7, 11) is 3.18. The van der Waals surface area contributed by atoms with Gasteiger partial charge in [-0.05, 0) is 50.8 Å². The minimum Gasteiger partial charge on any atom is -0.493 e. The van der Waals surface area contributed by atoms with Crippen molar-refractivity contribution in [1.82, 2.24) is 15.2 Å². The fourth-order valence-electron chi connectivity index (χ4n) is 5.74. The van der Waals surface area contributed by atoms with E-state index < -0.39 is 24.1 Å². The minimum absolute atomic E-state index is 0.0353. The van der Waals surface area contributed by atoms with Gasteiger partial charge < -0.3 is 29.9 Å². The first-order valence-electron chi connectivity index (χ1n) is 12.9. The molecule has 1 aromatic rings. The predicted octanol–water partition coefficient (Wildman–Crippen LogP) is 2.06. The number of methoxy groups -OCH3 is 2. The zero-order valence-electron chi connectivity index (χ0n) is 21.6. The number of carboxylic acid groups (broad SMARTS) is 1. The Bertz CT molecular complexity index is 1050. The second-order valence-electron chi connectivity index (χ2n) is 9.96. The Labute approximate surface area is 216 Å². The Morgan fingerprint density at radius 2 is 1.70 bits per heavy atom. The zero-order chi connectivity index (χ0) is 26.7. The molecule has 2 aliphatic heterocycles. The third-order valence-corrected chi connectivity index (χ3v) is 7.70. The summed E-state index contributed by atoms with van der Waals surface area (Å²) in [4.78, 5) is 39.1. The highest BCUT2D eigenvalue weighted by atomic mass is 16.5. The van der Waals surface area contributed by atoms with Crippen molar-refractivity contribution in [3.05, 3.63) is 23.8 Å². The number of piperidine rings is 1. The number of hydrazone groups is 1. The van der Waals surface area contributed by atoms with E-state index in [1.165, 1.54) is 6.92 Å². The molecule has 1 aliphatic carbocycles. The summed E-state index contributed by atoms with van der Waals surface area (Å²) in [5.41, 5.74) is 1.78. The first-order chi connectivity index (χ1) is 17.7. The highest BCUT2D eigenvalue weighted by Gasteiger charge is 2.44. The summed E-state index contributed by atoms with van der Waals surface area (Å²) in [5.74, 6) is 0.712. The number of likely N-dealkylation sites (tertiary alicyclic amines) is 1. The Kier molecular flexibility index (Phi) is 8.21. The highest BCUT2D eigenvalue weighted by Crippen LogP contribution is 2.40. The van der Waals surface area contributed by atoms with Gasteiger partial charge in [-0.3, -0.25) is 9.59 Å². The van der Waals surface area contributed by atoms with Gasteiger partial charge in [0.05, 0.1) is 32.1 Å². The molecule has 2 fully saturated rings. The molecular formula is C26H36N4O7. The quantitative estimate of drug-likeness (QED) is 0.504. The standard InChI is InChI=1S/C26H36N4O7/c1-15(31)22(27-26(34)35)25(33)29-12-10-17(11-13-29)30-24(32)19-7-5-4-6-18(19)23(28-30)16-8-9-20(36-2)21(14-16)37-3/h8-9,14-15,17-19,22,27,31H,4-7,10-13H2,1-3H3,(H,34,35)/t15-,18-,19+,22+/m0/s1. The van der Waals surface area contributed by atoms with Crippen LogP contribution in [0.25, 0.3) is 0 Å². The number of hydrogen-bond donors (Lipinski definition) is 3. The molecule has 0 spiro atoms. The van der Waals surface area contributed by atoms with Gasteiger partial charge in [0.15, 0.2) is 11.5 Å². The van der Waals surface area contributed by atoms with Gasteiger partial charge >= 0.3 is 6.09 Å². The SMILES string of the molecule is COc1ccc(C2=NN(C3CCN(C(=O)[C@H](NC(=O)O)[C@H](C)O)CC3)C(=O)[C@@H]3CCCC[C@H]23)cc1OC. The topological polar surface area (TPSA) is 141 Å². The maximum atomic E-state index is 13.6. The van der Waals surface area contributed by atoms with E-state index in [0.29, 0.717) is 37.4 Å². The van der Waals surface area contributed by atoms with Gasteiger partial charge in [-0.15, -0.1) is 0 Å². The summed E-state index contributed by atoms with van der Waals surface area (Å²) >= 11 is 0. The smallest absolute Gasteiger partial charge is 0.405 e. The van der Waals surface area contributed by atoms with Crippen molar-refractivity contribution >= 4 is 23.6 Å². The van der Waals surface area contributed by atoms with Gasteiger partial charge in [-0.1, -0.05) is 12.8 Å². The number of nitrogens with one attached hydrogen (secondary N) is 1. The molecule has 3 amide bonds. The van der Waals surface area contributed by atoms with Crippen molar-refractivity contribution in [2.45, 2.75) is 63.6 Å². The molecule has 3 aliphatic rings. The van der Waals surface area contributed by atoms with E-state index >= 15 is 0 Å². The van der Waals surface area contributed by atoms with E-state index in [-0.39, 0.29) is 23.8 Å². The summed E-state index contributed by atoms with van der Waals surface area (Å²) < 4.78 is 10.9. The molecule has 4 atom stereocenters. The molecule has 3 N–H and O–H groups in total. The first kappa shape index (κ1) is 26.7. The number of hydrogen-bond acceptors (Lipinski definition) is 7. The molecule has 1 saturated carbocycles. The highest BCUT2D eigenvalue weighted by molar-refractivity contribution is 6.07. The van der Waals surface area contributed by atoms with E-state index in [2.05, 4.69) is 5.32 Å². The second-order valence-corrected chi connectivity index (χ2v) is 9.96. The normalized spacial score (nSPS) is 24.0. The number of fused-ring (bicyclic) bond motifs is 1. The van der Waals surface area contributed by atoms with Crippen LogP contribution in [-0.4, -0.2) is 89.2 Å². The molecule has 1 aromatic carbocycles. The van der Waals surface area contributed by atoms with Gasteiger partial charge in [-0.2, -0.15) is 5.10 Å². The van der Waals surface area contributed by atoms with E-state index in [1.807, 2.05) is 18.2 Å². The van der Waals surface area contributed by atoms with Crippen molar-refractivity contribution in [1.29, 1.82) is 0 Å². The third kappa shape index (κ3) is 5.51. The van der Waals surface area contributed by atoms with Gasteiger partial charge in [0, 0.05) is 30.5 Å². The number of benzene rings is 1. The van der Waals surface area contributed by atoms with Crippen molar-refractivity contribution < 1.29 is 34.1 Å². The monoisotopic (exact) mass is 516 g/mol. The average molecular weight is 517 g/mol. The summed E-state index contributed by atoms with van der Waals surface area (Å²) in [5, 5.41) is 27.6. The number of carbonyl (C=O) groups is 3. The number of carbonyl (C=O) groups excluding carboxylic acids is 2. The Hall–Kier alpha value is -3.34. The lowest BCUT2D eigenvalue weighted by Crippen LogP contribution is -2.57. The van der Waals surface area contributed by atoms with Crippen LogP contribution < -0.4 is 14.8 Å². The summed E-state index contributed by atoms with van der Waals surface area (Å²) in [6.07, 6.45) is 2.27. The lowest BCUT2D eigenvalue weighted by Gasteiger charge is -2.43. The molecule has 0 radical (unpaired) electrons. The Morgan fingerprint density at radius 1 is 1.05 bits per heavy atom. The lowest BCUT2D eigenvalue weighted by molar-refractivity contribution is -0.144. The number of nitrogens with zero attached hydrogens (tertiary/aromatic N) is 3. The predicted molar refractivity (Wildman–Crippen MR) is 135 cm³/mol. The number of aliphatic hydroxyl groups is 1. The molecule has 0 bridgehead atoms. The van der Waals surface area contributed by atoms with Gasteiger partial charge in [0.2, 0.25) is 11.8 Å². The summed E-state index contributed by atoms with van der Waals surface area (Å²) in [6, 6.07) is 4.30. The van der Waals surface area contributed by atoms with E-state index in [9.17, 15) is 19.5 Å². The molecule has 11 nitrogen and oxygen atoms in total. The van der Waals surface area contributed by atoms with E-state index in [0.717, 1.165) is 37.0 Å². The van der Waals surface area contributed by atoms with Crippen LogP contribution in [0.4, 0.5) is 4.79 Å². The van der Waals surface area contributed by atoms with E-state index in [4.69, 9.17) is 19.7 Å². The fraction of sp³-hybridized carbons (Fsp3) is 0.615. The average Bonchev–Trinajstić information content (AvgIpc) is 2.91. The van der Waals surface area contributed by atoms with Crippen LogP contribution in [0.15, 0.2) is 23.3 Å². The number of rotatable bonds is 7. The Morgan fingerprint density at radius 3 is 2.30 bits per heavy atom. The Balaban J connectivity index is 1.56. The number of amides is 3. The molecule has 1 saturated heterocycles. The van der Waals surface area contributed by atoms with Crippen LogP contribution in [0.5, 0.6) is 11.5 Å². The van der Waals surface area contributed by atoms with Crippen molar-refractivity contribution in [3.8, 4) is 11.5 Å². The second kappa shape index (κ2) is 11.4. The third-order valence-electron chi connectivity index (χ3n) is 7.70. The molecule has 202 valence electrons. The van der Waals surface area contributed by atoms with Gasteiger partial charge in [0.1, 0.15) is 6.04 Å². The summed E-state index contributed by atoms with van der Waals surface area (Å²) in [6.45, 7) is 2.06. The largest absolute Gasteiger partial charge is 0.493 e. The van der Waals surface area contributed by atoms with Crippen LogP contribution >= 0.6 is 0 Å². The number of aliphatic hydroxyl groups excluding tert-OH is 1. The van der Waals surface area contributed by atoms with Crippen molar-refractivity contribution in [2.24, 2.45) is 16.9 Å². The van der Waals surface area contributed by atoms with Gasteiger partial charge in [-0.25, -0.2) is 9.80 Å². The van der Waals surface area contributed by atoms with Crippen LogP contribution in [0.2, 0.25) is 0 Å². The zero-order valence-corrected chi connectivity index (χ0v) is 21.6. The number of ether oxygens (including phenoxy) is 2. The lowest BCUT2D eigenvalue weighted by atomic mass is 9.73. The molecule has 11 heteroatoms. The van der Waals surface area contributed by atoms with Gasteiger partial charge in [0.25, 0.3) is 0 Å². The van der Waals surface area contributed by atoms with Crippen LogP contribution in [-0.2, 0) is 9.59 Å². The van der Waals surface area contributed by atoms with Crippen LogP contribution in [0.3, 0.4) is 0 Å². The molecular weight excluding hydrogens is 480 g/mol. The molecule has 0 unspecified atom stereocenters. The van der Waals surface area contributed by atoms with Crippen molar-refractivity contribution in [3.63, 3.8) is 0 Å². The molecule has 0 aromatic heterocycles. The van der Waals surface area contributed by atoms with E-state index in [1.54, 1.807) is 24.1 Å². The molecule has 4 rings (SSSR count). The first-order valence-corrected chi connectivity index (χ1v) is 12.9. The van der Waals surface area contributed by atoms with Crippen molar-refractivity contribution in [2.75, 3.05) is 27.3 Å². The van der Waals surface area contributed by atoms with Crippen LogP contribution in [0.1, 0.15) is 51.0 Å². The maximum Gasteiger partial charge on any atom is 0.405 e. The minimum atomic E-state index is -1.37. The maximum absolute atomic E-state index is 13.6.